The normalized spacial score (nSPS) is 12.3. The molecule has 0 amide bonds. The number of unbranched alkanes of at least 4 members (excludes halogenated alkanes) is 8. The van der Waals surface area contributed by atoms with Crippen molar-refractivity contribution in [3.8, 4) is 0 Å². The fraction of sp³-hybridized carbons (Fsp3) is 0.846. The molecule has 0 spiro atoms. The first kappa shape index (κ1) is 51.6. The van der Waals surface area contributed by atoms with Crippen LogP contribution in [-0.4, -0.2) is 68.5 Å². The highest BCUT2D eigenvalue weighted by atomic mass is 16.5. The number of Topliss-reactive ketones (excluding diaryl/α,β-unsaturated/α-hetero) is 1. The summed E-state index contributed by atoms with van der Waals surface area (Å²) in [5, 5.41) is 0. The van der Waals surface area contributed by atoms with Crippen LogP contribution in [0.3, 0.4) is 0 Å². The summed E-state index contributed by atoms with van der Waals surface area (Å²) in [7, 11) is 0. The lowest BCUT2D eigenvalue weighted by Crippen LogP contribution is -2.36. The lowest BCUT2D eigenvalue weighted by atomic mass is 9.90. The first-order valence-corrected chi connectivity index (χ1v) is 18.7. The summed E-state index contributed by atoms with van der Waals surface area (Å²) in [5.41, 5.74) is 0. The molecule has 0 N–H and O–H groups in total. The zero-order chi connectivity index (χ0) is 36.7. The van der Waals surface area contributed by atoms with E-state index >= 15 is 0 Å². The second-order valence-corrected chi connectivity index (χ2v) is 12.3. The monoisotopic (exact) mass is 672 g/mol. The van der Waals surface area contributed by atoms with Crippen LogP contribution in [0.15, 0.2) is 12.2 Å². The Morgan fingerprint density at radius 3 is 1.64 bits per heavy atom. The van der Waals surface area contributed by atoms with E-state index in [1.165, 1.54) is 65.2 Å². The van der Waals surface area contributed by atoms with Gasteiger partial charge in [-0.1, -0.05) is 132 Å². The summed E-state index contributed by atoms with van der Waals surface area (Å²) < 4.78 is 15.2. The van der Waals surface area contributed by atoms with Crippen LogP contribution in [0.25, 0.3) is 0 Å². The predicted molar refractivity (Wildman–Crippen MR) is 197 cm³/mol. The minimum atomic E-state index is -0.281. The molecular formula is C39H77NO7. The fourth-order valence-corrected chi connectivity index (χ4v) is 4.04. The number of hydrogen-bond acceptors (Lipinski definition) is 8. The molecule has 0 bridgehead atoms. The first-order chi connectivity index (χ1) is 22.5. The molecule has 8 nitrogen and oxygen atoms in total. The molecule has 0 aromatic rings. The van der Waals surface area contributed by atoms with E-state index in [1.807, 2.05) is 20.8 Å². The van der Waals surface area contributed by atoms with Gasteiger partial charge < -0.3 is 19.0 Å². The Labute approximate surface area is 291 Å². The van der Waals surface area contributed by atoms with E-state index in [2.05, 4.69) is 58.4 Å². The van der Waals surface area contributed by atoms with Gasteiger partial charge in [-0.05, 0) is 63.8 Å². The fourth-order valence-electron chi connectivity index (χ4n) is 4.04. The van der Waals surface area contributed by atoms with Crippen molar-refractivity contribution in [3.63, 3.8) is 0 Å². The molecule has 0 saturated heterocycles. The van der Waals surface area contributed by atoms with E-state index in [0.29, 0.717) is 38.8 Å². The van der Waals surface area contributed by atoms with Crippen LogP contribution < -0.4 is 0 Å². The van der Waals surface area contributed by atoms with Crippen LogP contribution in [0.4, 0.5) is 0 Å². The molecule has 3 atom stereocenters. The van der Waals surface area contributed by atoms with Gasteiger partial charge in [-0.25, -0.2) is 0 Å². The Balaban J connectivity index is -0.000000509. The third-order valence-corrected chi connectivity index (χ3v) is 7.45. The second-order valence-electron chi connectivity index (χ2n) is 12.3. The van der Waals surface area contributed by atoms with Crippen molar-refractivity contribution in [2.24, 2.45) is 17.8 Å². The molecule has 0 fully saturated rings. The maximum atomic E-state index is 12.2. The summed E-state index contributed by atoms with van der Waals surface area (Å²) in [6.45, 7) is 25.1. The van der Waals surface area contributed by atoms with Crippen molar-refractivity contribution < 1.29 is 33.4 Å². The summed E-state index contributed by atoms with van der Waals surface area (Å²) in [6, 6.07) is 0. The smallest absolute Gasteiger partial charge is 0.320 e. The number of ketones is 1. The van der Waals surface area contributed by atoms with Gasteiger partial charge in [0.15, 0.2) is 0 Å². The molecule has 0 saturated carbocycles. The number of hydrogen-bond donors (Lipinski definition) is 0. The predicted octanol–water partition coefficient (Wildman–Crippen LogP) is 9.77. The van der Waals surface area contributed by atoms with E-state index in [-0.39, 0.29) is 36.7 Å². The van der Waals surface area contributed by atoms with E-state index in [0.717, 1.165) is 38.0 Å². The largest absolute Gasteiger partial charge is 0.468 e. The third kappa shape index (κ3) is 46.0. The van der Waals surface area contributed by atoms with Gasteiger partial charge in [0, 0.05) is 0 Å². The second kappa shape index (κ2) is 41.8. The molecule has 47 heavy (non-hydrogen) atoms. The first-order valence-electron chi connectivity index (χ1n) is 18.7. The van der Waals surface area contributed by atoms with Crippen LogP contribution in [0.2, 0.25) is 0 Å². The van der Waals surface area contributed by atoms with E-state index in [9.17, 15) is 19.2 Å². The van der Waals surface area contributed by atoms with E-state index in [1.54, 1.807) is 4.90 Å². The number of nitrogens with zero attached hydrogens (tertiary/aromatic N) is 1. The van der Waals surface area contributed by atoms with Crippen molar-refractivity contribution in [1.29, 1.82) is 0 Å². The van der Waals surface area contributed by atoms with E-state index in [4.69, 9.17) is 9.47 Å². The summed E-state index contributed by atoms with van der Waals surface area (Å²) in [5.74, 6) is 1.34. The topological polar surface area (TPSA) is 99.2 Å². The molecule has 3 unspecified atom stereocenters. The molecule has 0 radical (unpaired) electrons. The van der Waals surface area contributed by atoms with Gasteiger partial charge in [0.1, 0.15) is 5.78 Å². The lowest BCUT2D eigenvalue weighted by Gasteiger charge is -2.19. The van der Waals surface area contributed by atoms with E-state index < -0.39 is 0 Å². The zero-order valence-electron chi connectivity index (χ0n) is 32.7. The molecule has 280 valence electrons. The number of allylic oxidation sites excluding steroid dienone is 2. The number of likely N-dealkylation sites (N-methyl/N-ethyl adjacent to an activating group) is 1. The molecule has 0 heterocycles. The summed E-state index contributed by atoms with van der Waals surface area (Å²) >= 11 is 0. The number of rotatable bonds is 26. The van der Waals surface area contributed by atoms with Crippen molar-refractivity contribution in [1.82, 2.24) is 4.90 Å². The molecule has 0 aliphatic heterocycles. The Morgan fingerprint density at radius 2 is 1.13 bits per heavy atom. The Bertz CT molecular complexity index is 722. The van der Waals surface area contributed by atoms with Crippen molar-refractivity contribution in [2.45, 2.75) is 160 Å². The van der Waals surface area contributed by atoms with Crippen LogP contribution in [-0.2, 0) is 33.4 Å². The minimum absolute atomic E-state index is 0.123. The molecule has 0 rings (SSSR count). The Kier molecular flexibility index (Phi) is 45.9. The highest BCUT2D eigenvalue weighted by Crippen LogP contribution is 2.18. The number of carbonyl (C=O) groups excluding carboxylic acids is 4. The van der Waals surface area contributed by atoms with Gasteiger partial charge in [0.25, 0.3) is 6.47 Å². The Morgan fingerprint density at radius 1 is 0.660 bits per heavy atom. The molecule has 0 aromatic carbocycles. The summed E-state index contributed by atoms with van der Waals surface area (Å²) in [4.78, 5) is 45.0. The summed E-state index contributed by atoms with van der Waals surface area (Å²) in [6.07, 6.45) is 19.3. The molecular weight excluding hydrogens is 594 g/mol. The average Bonchev–Trinajstić information content (AvgIpc) is 3.05. The highest BCUT2D eigenvalue weighted by Gasteiger charge is 2.16. The molecule has 0 aliphatic rings. The van der Waals surface area contributed by atoms with Gasteiger partial charge in [0.2, 0.25) is 0 Å². The molecule has 8 heteroatoms. The maximum Gasteiger partial charge on any atom is 0.320 e. The van der Waals surface area contributed by atoms with Crippen molar-refractivity contribution in [3.05, 3.63) is 12.2 Å². The number of esters is 2. The number of ether oxygens (including phenoxy) is 3. The van der Waals surface area contributed by atoms with Crippen molar-refractivity contribution >= 4 is 24.2 Å². The molecule has 0 aliphatic carbocycles. The van der Waals surface area contributed by atoms with Gasteiger partial charge in [-0.15, -0.1) is 0 Å². The average molecular weight is 672 g/mol. The minimum Gasteiger partial charge on any atom is -0.468 e. The SMILES string of the molecule is CC.CC(C)=O.CCCCCCCCOC(=O)CN(CC)CC(=O)OCC(C)C/C=C\CC(C)C(C)CC.CCCCCCOC=O. The van der Waals surface area contributed by atoms with Crippen molar-refractivity contribution in [2.75, 3.05) is 39.5 Å². The van der Waals surface area contributed by atoms with Gasteiger partial charge in [0.05, 0.1) is 32.9 Å². The van der Waals surface area contributed by atoms with Gasteiger partial charge in [-0.2, -0.15) is 0 Å². The zero-order valence-corrected chi connectivity index (χ0v) is 32.7. The van der Waals surface area contributed by atoms with Crippen LogP contribution >= 0.6 is 0 Å². The quantitative estimate of drug-likeness (QED) is 0.0295. The molecule has 0 aromatic heterocycles. The van der Waals surface area contributed by atoms with Gasteiger partial charge >= 0.3 is 11.9 Å². The number of carbonyl (C=O) groups is 4. The maximum absolute atomic E-state index is 12.2. The lowest BCUT2D eigenvalue weighted by molar-refractivity contribution is -0.149. The standard InChI is InChI=1S/C27H51NO4.C7H14O2.C3H6O.C2H6/c1-7-10-11-12-13-16-19-31-26(29)20-28(9-3)21-27(30)32-22-23(4)17-14-15-18-25(6)24(5)8-2;1-2-3-4-5-6-9-7-8;1-3(2)4;1-2/h14-15,23-25H,7-13,16-22H2,1-6H3;7H,2-6H2,1H3;1-2H3;1-2H3/b15-14-;;;. The highest BCUT2D eigenvalue weighted by molar-refractivity contribution is 5.75. The van der Waals surface area contributed by atoms with Gasteiger partial charge in [-0.3, -0.25) is 19.3 Å². The van der Waals surface area contributed by atoms with Crippen LogP contribution in [0, 0.1) is 17.8 Å². The van der Waals surface area contributed by atoms with Crippen LogP contribution in [0.5, 0.6) is 0 Å². The Hall–Kier alpha value is -2.22. The van der Waals surface area contributed by atoms with Crippen LogP contribution in [0.1, 0.15) is 160 Å². The third-order valence-electron chi connectivity index (χ3n) is 7.45.